The van der Waals surface area contributed by atoms with Gasteiger partial charge in [0, 0.05) is 7.05 Å². The van der Waals surface area contributed by atoms with Gasteiger partial charge >= 0.3 is 11.9 Å². The first-order valence-corrected chi connectivity index (χ1v) is 13.4. The summed E-state index contributed by atoms with van der Waals surface area (Å²) in [5.74, 6) is -0.508. The number of hydrogen-bond donors (Lipinski definition) is 1. The number of likely N-dealkylation sites (N-methyl/N-ethyl adjacent to an activating group) is 1. The highest BCUT2D eigenvalue weighted by atomic mass is 32.2. The summed E-state index contributed by atoms with van der Waals surface area (Å²) in [6.07, 6.45) is 1.77. The lowest BCUT2D eigenvalue weighted by Gasteiger charge is -2.13. The van der Waals surface area contributed by atoms with Crippen LogP contribution in [0.4, 0.5) is 5.69 Å². The van der Waals surface area contributed by atoms with E-state index in [0.717, 1.165) is 11.1 Å². The molecule has 1 heterocycles. The summed E-state index contributed by atoms with van der Waals surface area (Å²) in [5.41, 5.74) is 2.82. The monoisotopic (exact) mass is 560 g/mol. The van der Waals surface area contributed by atoms with Gasteiger partial charge in [-0.25, -0.2) is 14.6 Å². The molecule has 0 aliphatic carbocycles. The predicted molar refractivity (Wildman–Crippen MR) is 153 cm³/mol. The van der Waals surface area contributed by atoms with E-state index in [1.165, 1.54) is 28.8 Å². The highest BCUT2D eigenvalue weighted by Gasteiger charge is 2.30. The van der Waals surface area contributed by atoms with Crippen LogP contribution in [0, 0.1) is 0 Å². The van der Waals surface area contributed by atoms with Crippen LogP contribution in [-0.4, -0.2) is 53.3 Å². The zero-order chi connectivity index (χ0) is 28.6. The Labute approximate surface area is 236 Å². The summed E-state index contributed by atoms with van der Waals surface area (Å²) in [5, 5.41) is 9.57. The number of nitrogens with zero attached hydrogens (tertiary/aromatic N) is 2. The molecule has 1 amide bonds. The van der Waals surface area contributed by atoms with E-state index in [9.17, 15) is 14.4 Å². The number of benzene rings is 3. The number of amidine groups is 1. The van der Waals surface area contributed by atoms with E-state index in [1.54, 1.807) is 68.6 Å². The molecule has 9 nitrogen and oxygen atoms in total. The average Bonchev–Trinajstić information content (AvgIpc) is 3.21. The summed E-state index contributed by atoms with van der Waals surface area (Å²) >= 11 is 1.25. The molecule has 40 heavy (non-hydrogen) atoms. The maximum atomic E-state index is 12.9. The Morgan fingerprint density at radius 2 is 1.62 bits per heavy atom. The lowest BCUT2D eigenvalue weighted by Crippen LogP contribution is -2.23. The minimum atomic E-state index is -0.982. The van der Waals surface area contributed by atoms with Crippen LogP contribution in [-0.2, 0) is 16.1 Å². The van der Waals surface area contributed by atoms with Crippen LogP contribution in [0.5, 0.6) is 11.5 Å². The summed E-state index contributed by atoms with van der Waals surface area (Å²) in [4.78, 5) is 42.4. The minimum Gasteiger partial charge on any atom is -0.490 e. The van der Waals surface area contributed by atoms with Gasteiger partial charge in [0.1, 0.15) is 6.61 Å². The van der Waals surface area contributed by atoms with Gasteiger partial charge in [-0.1, -0.05) is 18.2 Å². The molecule has 206 valence electrons. The van der Waals surface area contributed by atoms with Crippen molar-refractivity contribution in [2.24, 2.45) is 4.99 Å². The lowest BCUT2D eigenvalue weighted by molar-refractivity contribution is -0.121. The van der Waals surface area contributed by atoms with Crippen molar-refractivity contribution in [2.75, 3.05) is 20.3 Å². The van der Waals surface area contributed by atoms with E-state index in [-0.39, 0.29) is 18.1 Å². The molecule has 0 unspecified atom stereocenters. The predicted octanol–water partition coefficient (Wildman–Crippen LogP) is 5.77. The molecule has 1 fully saturated rings. The van der Waals surface area contributed by atoms with Gasteiger partial charge in [-0.3, -0.25) is 9.69 Å². The molecule has 0 saturated carbocycles. The Kier molecular flexibility index (Phi) is 9.23. The van der Waals surface area contributed by atoms with Crippen molar-refractivity contribution in [2.45, 2.75) is 20.5 Å². The Balaban J connectivity index is 1.49. The maximum absolute atomic E-state index is 12.9. The van der Waals surface area contributed by atoms with Crippen LogP contribution in [0.15, 0.2) is 76.6 Å². The average molecular weight is 561 g/mol. The first kappa shape index (κ1) is 28.4. The Morgan fingerprint density at radius 3 is 2.27 bits per heavy atom. The van der Waals surface area contributed by atoms with E-state index in [1.807, 2.05) is 13.0 Å². The number of esters is 1. The number of aliphatic imine (C=N–C) groups is 1. The quantitative estimate of drug-likeness (QED) is 0.245. The third-order valence-electron chi connectivity index (χ3n) is 5.77. The van der Waals surface area contributed by atoms with Gasteiger partial charge in [0.05, 0.1) is 34.9 Å². The molecule has 0 atom stereocenters. The van der Waals surface area contributed by atoms with E-state index in [4.69, 9.17) is 19.3 Å². The summed E-state index contributed by atoms with van der Waals surface area (Å²) in [6, 6.07) is 18.6. The van der Waals surface area contributed by atoms with Gasteiger partial charge < -0.3 is 19.3 Å². The number of ether oxygens (including phenoxy) is 3. The number of thioether (sulfide) groups is 1. The summed E-state index contributed by atoms with van der Waals surface area (Å²) in [7, 11) is 1.66. The van der Waals surface area contributed by atoms with E-state index in [2.05, 4.69) is 4.99 Å². The molecular formula is C30H28N2O7S. The number of carbonyl (C=O) groups is 3. The molecule has 0 aromatic heterocycles. The molecule has 3 aromatic rings. The zero-order valence-corrected chi connectivity index (χ0v) is 23.1. The van der Waals surface area contributed by atoms with Crippen molar-refractivity contribution in [1.82, 2.24) is 4.90 Å². The molecule has 1 aliphatic heterocycles. The second kappa shape index (κ2) is 13.0. The number of aromatic carboxylic acids is 1. The number of carbonyl (C=O) groups excluding carboxylic acids is 2. The summed E-state index contributed by atoms with van der Waals surface area (Å²) in [6.45, 7) is 4.58. The molecule has 0 radical (unpaired) electrons. The smallest absolute Gasteiger partial charge is 0.338 e. The number of carboxylic acid groups (broad SMARTS) is 1. The number of hydrogen-bond acceptors (Lipinski definition) is 8. The normalized spacial score (nSPS) is 15.0. The van der Waals surface area contributed by atoms with Crippen LogP contribution in [0.3, 0.4) is 0 Å². The zero-order valence-electron chi connectivity index (χ0n) is 22.2. The van der Waals surface area contributed by atoms with Crippen molar-refractivity contribution in [3.8, 4) is 11.5 Å². The second-order valence-electron chi connectivity index (χ2n) is 8.57. The van der Waals surface area contributed by atoms with Crippen molar-refractivity contribution >= 4 is 46.5 Å². The maximum Gasteiger partial charge on any atom is 0.338 e. The molecule has 1 aliphatic rings. The molecule has 0 spiro atoms. The van der Waals surface area contributed by atoms with E-state index >= 15 is 0 Å². The van der Waals surface area contributed by atoms with Crippen LogP contribution < -0.4 is 9.47 Å². The van der Waals surface area contributed by atoms with E-state index in [0.29, 0.717) is 46.0 Å². The number of rotatable bonds is 10. The molecule has 0 bridgehead atoms. The van der Waals surface area contributed by atoms with Crippen molar-refractivity contribution in [1.29, 1.82) is 0 Å². The molecular weight excluding hydrogens is 532 g/mol. The second-order valence-corrected chi connectivity index (χ2v) is 9.58. The van der Waals surface area contributed by atoms with Gasteiger partial charge in [0.25, 0.3) is 5.91 Å². The van der Waals surface area contributed by atoms with Crippen molar-refractivity contribution < 1.29 is 33.7 Å². The number of carboxylic acids is 1. The van der Waals surface area contributed by atoms with Crippen LogP contribution in [0.2, 0.25) is 0 Å². The van der Waals surface area contributed by atoms with Gasteiger partial charge in [-0.05, 0) is 91.3 Å². The van der Waals surface area contributed by atoms with Crippen LogP contribution >= 0.6 is 11.8 Å². The molecule has 3 aromatic carbocycles. The van der Waals surface area contributed by atoms with Crippen molar-refractivity contribution in [3.05, 3.63) is 93.9 Å². The third kappa shape index (κ3) is 6.89. The third-order valence-corrected chi connectivity index (χ3v) is 6.83. The highest BCUT2D eigenvalue weighted by molar-refractivity contribution is 8.18. The highest BCUT2D eigenvalue weighted by Crippen LogP contribution is 2.35. The minimum absolute atomic E-state index is 0.185. The standard InChI is InChI=1S/C30H28N2O7S/c1-4-37-25-16-20(8-15-24(25)39-18-19-6-9-21(10-7-19)28(34)35)17-26-27(33)32(3)30(40-26)31-23-13-11-22(12-14-23)29(36)38-5-2/h6-17H,4-5,18H2,1-3H3,(H,34,35)/b26-17-,31-30?. The Hall–Kier alpha value is -4.57. The van der Waals surface area contributed by atoms with Gasteiger partial charge in [-0.2, -0.15) is 0 Å². The SMILES string of the molecule is CCOC(=O)c1ccc(N=C2S/C(=C\c3ccc(OCc4ccc(C(=O)O)cc4)c(OCC)c3)C(=O)N2C)cc1. The molecule has 10 heteroatoms. The molecule has 4 rings (SSSR count). The Bertz CT molecular complexity index is 1460. The first-order chi connectivity index (χ1) is 19.3. The Morgan fingerprint density at radius 1 is 0.925 bits per heavy atom. The van der Waals surface area contributed by atoms with E-state index < -0.39 is 11.9 Å². The fraction of sp³-hybridized carbons (Fsp3) is 0.200. The van der Waals surface area contributed by atoms with Crippen LogP contribution in [0.1, 0.15) is 45.7 Å². The fourth-order valence-electron chi connectivity index (χ4n) is 3.71. The summed E-state index contributed by atoms with van der Waals surface area (Å²) < 4.78 is 16.7. The van der Waals surface area contributed by atoms with Gasteiger partial charge in [-0.15, -0.1) is 0 Å². The van der Waals surface area contributed by atoms with Crippen LogP contribution in [0.25, 0.3) is 6.08 Å². The van der Waals surface area contributed by atoms with Gasteiger partial charge in [0.2, 0.25) is 0 Å². The lowest BCUT2D eigenvalue weighted by atomic mass is 10.1. The fourth-order valence-corrected chi connectivity index (χ4v) is 4.69. The molecule has 1 N–H and O–H groups in total. The van der Waals surface area contributed by atoms with Crippen molar-refractivity contribution in [3.63, 3.8) is 0 Å². The van der Waals surface area contributed by atoms with Gasteiger partial charge in [0.15, 0.2) is 16.7 Å². The largest absolute Gasteiger partial charge is 0.490 e. The number of amides is 1. The topological polar surface area (TPSA) is 115 Å². The first-order valence-electron chi connectivity index (χ1n) is 12.5. The molecule has 1 saturated heterocycles.